The first-order valence-corrected chi connectivity index (χ1v) is 3.86. The van der Waals surface area contributed by atoms with Gasteiger partial charge < -0.3 is 5.73 Å². The molecule has 1 aromatic heterocycles. The Morgan fingerprint density at radius 1 is 1.43 bits per heavy atom. The molecule has 5 heteroatoms. The van der Waals surface area contributed by atoms with Crippen LogP contribution in [0.1, 0.15) is 17.3 Å². The van der Waals surface area contributed by atoms with Gasteiger partial charge in [-0.25, -0.2) is 0 Å². The molecule has 2 N–H and O–H groups in total. The lowest BCUT2D eigenvalue weighted by molar-refractivity contribution is -0.141. The van der Waals surface area contributed by atoms with E-state index in [1.54, 1.807) is 0 Å². The molecule has 0 aliphatic rings. The van der Waals surface area contributed by atoms with Crippen molar-refractivity contribution in [3.8, 4) is 0 Å². The third-order valence-corrected chi connectivity index (χ3v) is 1.72. The van der Waals surface area contributed by atoms with Crippen molar-refractivity contribution >= 4 is 0 Å². The zero-order valence-corrected chi connectivity index (χ0v) is 7.25. The Balaban J connectivity index is 2.95. The molecule has 0 unspecified atom stereocenters. The van der Waals surface area contributed by atoms with Crippen molar-refractivity contribution in [2.45, 2.75) is 12.2 Å². The van der Waals surface area contributed by atoms with E-state index >= 15 is 0 Å². The molecule has 0 saturated carbocycles. The van der Waals surface area contributed by atoms with Crippen molar-refractivity contribution < 1.29 is 13.2 Å². The number of alkyl halides is 3. The predicted octanol–water partition coefficient (Wildman–Crippen LogP) is 2.29. The van der Waals surface area contributed by atoms with E-state index in [0.29, 0.717) is 5.56 Å². The highest BCUT2D eigenvalue weighted by Gasteiger charge is 2.32. The lowest BCUT2D eigenvalue weighted by Crippen LogP contribution is -2.11. The van der Waals surface area contributed by atoms with E-state index in [1.807, 2.05) is 0 Å². The number of nitrogens with zero attached hydrogens (tertiary/aromatic N) is 1. The van der Waals surface area contributed by atoms with Crippen LogP contribution in [0.25, 0.3) is 0 Å². The lowest BCUT2D eigenvalue weighted by atomic mass is 10.1. The van der Waals surface area contributed by atoms with Crippen LogP contribution in [0, 0.1) is 0 Å². The summed E-state index contributed by atoms with van der Waals surface area (Å²) in [6, 6.07) is 1.71. The fourth-order valence-corrected chi connectivity index (χ4v) is 0.906. The zero-order valence-electron chi connectivity index (χ0n) is 7.25. The van der Waals surface area contributed by atoms with Gasteiger partial charge in [-0.1, -0.05) is 12.1 Å². The van der Waals surface area contributed by atoms with Gasteiger partial charge >= 0.3 is 6.18 Å². The number of aromatic nitrogens is 1. The summed E-state index contributed by atoms with van der Waals surface area (Å²) in [6.07, 6.45) is -1.86. The van der Waals surface area contributed by atoms with Crippen LogP contribution in [-0.2, 0) is 6.18 Å². The number of rotatable bonds is 2. The van der Waals surface area contributed by atoms with Crippen LogP contribution < -0.4 is 5.73 Å². The molecular weight excluding hydrogens is 193 g/mol. The Morgan fingerprint density at radius 2 is 2.07 bits per heavy atom. The van der Waals surface area contributed by atoms with Crippen LogP contribution in [0.4, 0.5) is 13.2 Å². The molecule has 0 aliphatic carbocycles. The molecule has 0 aliphatic heterocycles. The van der Waals surface area contributed by atoms with Crippen molar-refractivity contribution in [1.29, 1.82) is 0 Å². The molecule has 76 valence electrons. The lowest BCUT2D eigenvalue weighted by Gasteiger charge is -2.08. The van der Waals surface area contributed by atoms with Crippen molar-refractivity contribution in [1.82, 2.24) is 4.98 Å². The predicted molar refractivity (Wildman–Crippen MR) is 46.4 cm³/mol. The molecule has 14 heavy (non-hydrogen) atoms. The molecule has 0 fully saturated rings. The molecule has 0 bridgehead atoms. The normalized spacial score (nSPS) is 13.7. The van der Waals surface area contributed by atoms with Gasteiger partial charge in [-0.15, -0.1) is 6.58 Å². The van der Waals surface area contributed by atoms with E-state index in [0.717, 1.165) is 12.3 Å². The summed E-state index contributed by atoms with van der Waals surface area (Å²) >= 11 is 0. The summed E-state index contributed by atoms with van der Waals surface area (Å²) in [5.74, 6) is 0. The van der Waals surface area contributed by atoms with Gasteiger partial charge in [-0.05, 0) is 11.6 Å². The second kappa shape index (κ2) is 3.79. The second-order valence-corrected chi connectivity index (χ2v) is 2.74. The molecule has 1 rings (SSSR count). The SMILES string of the molecule is C=C[C@@H](N)c1ccc(C(F)(F)F)nc1. The number of nitrogens with two attached hydrogens (primary N) is 1. The van der Waals surface area contributed by atoms with Crippen molar-refractivity contribution in [2.75, 3.05) is 0 Å². The molecule has 1 heterocycles. The topological polar surface area (TPSA) is 38.9 Å². The zero-order chi connectivity index (χ0) is 10.8. The average Bonchev–Trinajstić information content (AvgIpc) is 2.15. The van der Waals surface area contributed by atoms with Gasteiger partial charge in [0.15, 0.2) is 0 Å². The van der Waals surface area contributed by atoms with E-state index < -0.39 is 17.9 Å². The van der Waals surface area contributed by atoms with Crippen LogP contribution in [0.15, 0.2) is 31.0 Å². The standard InChI is InChI=1S/C9H9F3N2/c1-2-7(13)6-3-4-8(14-5-6)9(10,11)12/h2-5,7H,1,13H2/t7-/m1/s1. The summed E-state index contributed by atoms with van der Waals surface area (Å²) in [5, 5.41) is 0. The highest BCUT2D eigenvalue weighted by atomic mass is 19.4. The quantitative estimate of drug-likeness (QED) is 0.747. The third-order valence-electron chi connectivity index (χ3n) is 1.72. The van der Waals surface area contributed by atoms with Crippen molar-refractivity contribution in [3.63, 3.8) is 0 Å². The maximum absolute atomic E-state index is 12.1. The van der Waals surface area contributed by atoms with E-state index in [2.05, 4.69) is 11.6 Å². The van der Waals surface area contributed by atoms with E-state index in [4.69, 9.17) is 5.73 Å². The highest BCUT2D eigenvalue weighted by molar-refractivity contribution is 5.21. The summed E-state index contributed by atoms with van der Waals surface area (Å²) in [6.45, 7) is 3.43. The largest absolute Gasteiger partial charge is 0.433 e. The molecule has 1 aromatic rings. The van der Waals surface area contributed by atoms with Gasteiger partial charge in [0.1, 0.15) is 5.69 Å². The van der Waals surface area contributed by atoms with E-state index in [9.17, 15) is 13.2 Å². The van der Waals surface area contributed by atoms with Crippen molar-refractivity contribution in [2.24, 2.45) is 5.73 Å². The fraction of sp³-hybridized carbons (Fsp3) is 0.222. The fourth-order valence-electron chi connectivity index (χ4n) is 0.906. The van der Waals surface area contributed by atoms with Gasteiger partial charge in [0.05, 0.1) is 0 Å². The summed E-state index contributed by atoms with van der Waals surface area (Å²) in [4.78, 5) is 3.27. The number of pyridine rings is 1. The molecule has 0 amide bonds. The minimum absolute atomic E-state index is 0.482. The van der Waals surface area contributed by atoms with Gasteiger partial charge in [-0.3, -0.25) is 4.98 Å². The smallest absolute Gasteiger partial charge is 0.321 e. The Hall–Kier alpha value is -1.36. The Bertz CT molecular complexity index is 316. The van der Waals surface area contributed by atoms with E-state index in [1.165, 1.54) is 12.1 Å². The summed E-state index contributed by atoms with van der Waals surface area (Å²) < 4.78 is 36.3. The Morgan fingerprint density at radius 3 is 2.43 bits per heavy atom. The molecule has 2 nitrogen and oxygen atoms in total. The highest BCUT2D eigenvalue weighted by Crippen LogP contribution is 2.27. The number of halogens is 3. The first-order valence-electron chi connectivity index (χ1n) is 3.86. The maximum atomic E-state index is 12.1. The van der Waals surface area contributed by atoms with Crippen LogP contribution in [0.3, 0.4) is 0 Å². The van der Waals surface area contributed by atoms with Crippen LogP contribution in [-0.4, -0.2) is 4.98 Å². The van der Waals surface area contributed by atoms with Gasteiger partial charge in [0.25, 0.3) is 0 Å². The molecule has 1 atom stereocenters. The minimum Gasteiger partial charge on any atom is -0.321 e. The van der Waals surface area contributed by atoms with Crippen LogP contribution in [0.2, 0.25) is 0 Å². The molecule has 0 radical (unpaired) electrons. The Labute approximate surface area is 79.3 Å². The first-order chi connectivity index (χ1) is 6.45. The number of hydrogen-bond donors (Lipinski definition) is 1. The van der Waals surface area contributed by atoms with Gasteiger partial charge in [0.2, 0.25) is 0 Å². The van der Waals surface area contributed by atoms with Gasteiger partial charge in [0, 0.05) is 12.2 Å². The van der Waals surface area contributed by atoms with Crippen molar-refractivity contribution in [3.05, 3.63) is 42.2 Å². The van der Waals surface area contributed by atoms with Gasteiger partial charge in [-0.2, -0.15) is 13.2 Å². The molecular formula is C9H9F3N2. The second-order valence-electron chi connectivity index (χ2n) is 2.74. The van der Waals surface area contributed by atoms with Crippen LogP contribution in [0.5, 0.6) is 0 Å². The first kappa shape index (κ1) is 10.7. The van der Waals surface area contributed by atoms with Crippen LogP contribution >= 0.6 is 0 Å². The number of hydrogen-bond acceptors (Lipinski definition) is 2. The molecule has 0 saturated heterocycles. The van der Waals surface area contributed by atoms with E-state index in [-0.39, 0.29) is 0 Å². The summed E-state index contributed by atoms with van der Waals surface area (Å²) in [5.41, 5.74) is 5.10. The maximum Gasteiger partial charge on any atom is 0.433 e. The molecule has 0 spiro atoms. The Kier molecular flexibility index (Phi) is 2.90. The summed E-state index contributed by atoms with van der Waals surface area (Å²) in [7, 11) is 0. The molecule has 0 aromatic carbocycles. The third kappa shape index (κ3) is 2.32. The average molecular weight is 202 g/mol. The minimum atomic E-state index is -4.41. The monoisotopic (exact) mass is 202 g/mol.